The molecule has 8 heteroatoms. The average Bonchev–Trinajstić information content (AvgIpc) is 3.02. The molecule has 3 N–H and O–H groups in total. The zero-order valence-electron chi connectivity index (χ0n) is 12.8. The van der Waals surface area contributed by atoms with Gasteiger partial charge in [0.1, 0.15) is 10.6 Å². The second kappa shape index (κ2) is 6.98. The van der Waals surface area contributed by atoms with Crippen molar-refractivity contribution < 1.29 is 9.59 Å². The zero-order chi connectivity index (χ0) is 17.1. The van der Waals surface area contributed by atoms with Gasteiger partial charge in [0.05, 0.1) is 11.1 Å². The molecule has 122 valence electrons. The number of carbonyl (C=O) groups excluding carboxylic acids is 2. The number of hydrogen-bond acceptors (Lipinski definition) is 7. The summed E-state index contributed by atoms with van der Waals surface area (Å²) in [5, 5.41) is 5.98. The molecule has 0 saturated carbocycles. The number of amides is 1. The van der Waals surface area contributed by atoms with Crippen LogP contribution in [0.4, 0.5) is 11.5 Å². The summed E-state index contributed by atoms with van der Waals surface area (Å²) in [6.07, 6.45) is 0. The number of nitrogen functional groups attached to an aromatic ring is 1. The SMILES string of the molecule is CC(=O)c1ccc(NC(=O)CSc2nc(N)c3ccsc3n2)cc1. The summed E-state index contributed by atoms with van der Waals surface area (Å²) < 4.78 is 0. The lowest BCUT2D eigenvalue weighted by Crippen LogP contribution is -2.14. The van der Waals surface area contributed by atoms with Gasteiger partial charge < -0.3 is 11.1 Å². The lowest BCUT2D eigenvalue weighted by molar-refractivity contribution is -0.113. The second-order valence-corrected chi connectivity index (χ2v) is 6.84. The van der Waals surface area contributed by atoms with Crippen molar-refractivity contribution in [2.45, 2.75) is 12.1 Å². The van der Waals surface area contributed by atoms with Gasteiger partial charge in [-0.1, -0.05) is 11.8 Å². The minimum absolute atomic E-state index is 0.0119. The van der Waals surface area contributed by atoms with Crippen LogP contribution in [0.1, 0.15) is 17.3 Å². The standard InChI is InChI=1S/C16H14N4O2S2/c1-9(21)10-2-4-11(5-3-10)18-13(22)8-24-16-19-14(17)12-6-7-23-15(12)20-16/h2-7H,8H2,1H3,(H,18,22)(H2,17,19,20). The lowest BCUT2D eigenvalue weighted by atomic mass is 10.1. The Balaban J connectivity index is 1.61. The van der Waals surface area contributed by atoms with Crippen LogP contribution in [0.5, 0.6) is 0 Å². The molecular formula is C16H14N4O2S2. The molecule has 2 heterocycles. The normalized spacial score (nSPS) is 10.7. The number of nitrogens with two attached hydrogens (primary N) is 1. The largest absolute Gasteiger partial charge is 0.383 e. The highest BCUT2D eigenvalue weighted by atomic mass is 32.2. The molecule has 0 fully saturated rings. The van der Waals surface area contributed by atoms with Gasteiger partial charge in [0, 0.05) is 11.3 Å². The van der Waals surface area contributed by atoms with Crippen LogP contribution in [0.2, 0.25) is 0 Å². The molecule has 1 aromatic carbocycles. The molecule has 0 aliphatic rings. The summed E-state index contributed by atoms with van der Waals surface area (Å²) in [5.41, 5.74) is 7.13. The Bertz CT molecular complexity index is 906. The van der Waals surface area contributed by atoms with Gasteiger partial charge in [-0.2, -0.15) is 0 Å². The Morgan fingerprint density at radius 3 is 2.67 bits per heavy atom. The Kier molecular flexibility index (Phi) is 4.77. The molecule has 0 bridgehead atoms. The first-order valence-corrected chi connectivity index (χ1v) is 8.94. The number of ketones is 1. The fourth-order valence-electron chi connectivity index (χ4n) is 2.04. The molecular weight excluding hydrogens is 344 g/mol. The minimum Gasteiger partial charge on any atom is -0.383 e. The molecule has 0 saturated heterocycles. The third kappa shape index (κ3) is 3.72. The summed E-state index contributed by atoms with van der Waals surface area (Å²) in [6, 6.07) is 8.64. The number of hydrogen-bond donors (Lipinski definition) is 2. The molecule has 3 aromatic rings. The van der Waals surface area contributed by atoms with E-state index in [4.69, 9.17) is 5.73 Å². The number of aromatic nitrogens is 2. The summed E-state index contributed by atoms with van der Waals surface area (Å²) in [4.78, 5) is 32.6. The van der Waals surface area contributed by atoms with Gasteiger partial charge in [-0.25, -0.2) is 9.97 Å². The maximum Gasteiger partial charge on any atom is 0.234 e. The lowest BCUT2D eigenvalue weighted by Gasteiger charge is -2.06. The van der Waals surface area contributed by atoms with E-state index in [9.17, 15) is 9.59 Å². The van der Waals surface area contributed by atoms with Crippen molar-refractivity contribution in [1.82, 2.24) is 9.97 Å². The zero-order valence-corrected chi connectivity index (χ0v) is 14.4. The van der Waals surface area contributed by atoms with Crippen LogP contribution < -0.4 is 11.1 Å². The van der Waals surface area contributed by atoms with Gasteiger partial charge in [0.25, 0.3) is 0 Å². The van der Waals surface area contributed by atoms with Crippen molar-refractivity contribution in [3.8, 4) is 0 Å². The van der Waals surface area contributed by atoms with E-state index in [0.29, 0.717) is 22.2 Å². The third-order valence-electron chi connectivity index (χ3n) is 3.24. The average molecular weight is 358 g/mol. The van der Waals surface area contributed by atoms with Crippen LogP contribution >= 0.6 is 23.1 Å². The maximum absolute atomic E-state index is 12.0. The van der Waals surface area contributed by atoms with Crippen LogP contribution in [-0.2, 0) is 4.79 Å². The van der Waals surface area contributed by atoms with Gasteiger partial charge in [-0.3, -0.25) is 9.59 Å². The minimum atomic E-state index is -0.177. The van der Waals surface area contributed by atoms with Crippen molar-refractivity contribution in [2.24, 2.45) is 0 Å². The molecule has 0 radical (unpaired) electrons. The number of thioether (sulfide) groups is 1. The number of anilines is 2. The summed E-state index contributed by atoms with van der Waals surface area (Å²) in [7, 11) is 0. The number of thiophene rings is 1. The monoisotopic (exact) mass is 358 g/mol. The van der Waals surface area contributed by atoms with E-state index >= 15 is 0 Å². The van der Waals surface area contributed by atoms with Crippen LogP contribution in [0.15, 0.2) is 40.9 Å². The van der Waals surface area contributed by atoms with Crippen molar-refractivity contribution in [3.05, 3.63) is 41.3 Å². The van der Waals surface area contributed by atoms with Gasteiger partial charge >= 0.3 is 0 Å². The Morgan fingerprint density at radius 1 is 1.21 bits per heavy atom. The predicted molar refractivity (Wildman–Crippen MR) is 97.6 cm³/mol. The van der Waals surface area contributed by atoms with Gasteiger partial charge in [0.15, 0.2) is 10.9 Å². The van der Waals surface area contributed by atoms with E-state index in [2.05, 4.69) is 15.3 Å². The second-order valence-electron chi connectivity index (χ2n) is 5.00. The molecule has 0 aliphatic carbocycles. The quantitative estimate of drug-likeness (QED) is 0.413. The van der Waals surface area contributed by atoms with Crippen LogP contribution in [0.3, 0.4) is 0 Å². The molecule has 24 heavy (non-hydrogen) atoms. The number of rotatable bonds is 5. The Labute approximate surface area is 146 Å². The van der Waals surface area contributed by atoms with Crippen molar-refractivity contribution >= 4 is 56.5 Å². The molecule has 1 amide bonds. The van der Waals surface area contributed by atoms with E-state index in [-0.39, 0.29) is 17.4 Å². The van der Waals surface area contributed by atoms with E-state index in [0.717, 1.165) is 10.2 Å². The highest BCUT2D eigenvalue weighted by Crippen LogP contribution is 2.26. The predicted octanol–water partition coefficient (Wildman–Crippen LogP) is 3.21. The number of Topliss-reactive ketones (excluding diaryl/α,β-unsaturated/α-hetero) is 1. The van der Waals surface area contributed by atoms with E-state index in [1.165, 1.54) is 30.0 Å². The van der Waals surface area contributed by atoms with E-state index < -0.39 is 0 Å². The summed E-state index contributed by atoms with van der Waals surface area (Å²) in [6.45, 7) is 1.50. The first-order valence-electron chi connectivity index (χ1n) is 7.07. The molecule has 0 atom stereocenters. The van der Waals surface area contributed by atoms with Crippen molar-refractivity contribution in [2.75, 3.05) is 16.8 Å². The van der Waals surface area contributed by atoms with Gasteiger partial charge in [-0.15, -0.1) is 11.3 Å². The molecule has 6 nitrogen and oxygen atoms in total. The van der Waals surface area contributed by atoms with Crippen LogP contribution in [0, 0.1) is 0 Å². The summed E-state index contributed by atoms with van der Waals surface area (Å²) in [5.74, 6) is 0.403. The highest BCUT2D eigenvalue weighted by Gasteiger charge is 2.10. The number of benzene rings is 1. The Morgan fingerprint density at radius 2 is 1.96 bits per heavy atom. The maximum atomic E-state index is 12.0. The number of nitrogens with one attached hydrogen (secondary N) is 1. The van der Waals surface area contributed by atoms with Crippen LogP contribution in [0.25, 0.3) is 10.2 Å². The summed E-state index contributed by atoms with van der Waals surface area (Å²) >= 11 is 2.71. The van der Waals surface area contributed by atoms with Crippen molar-refractivity contribution in [3.63, 3.8) is 0 Å². The first-order chi connectivity index (χ1) is 11.5. The van der Waals surface area contributed by atoms with E-state index in [1.807, 2.05) is 11.4 Å². The smallest absolute Gasteiger partial charge is 0.234 e. The third-order valence-corrected chi connectivity index (χ3v) is 4.90. The van der Waals surface area contributed by atoms with Crippen molar-refractivity contribution in [1.29, 1.82) is 0 Å². The van der Waals surface area contributed by atoms with E-state index in [1.54, 1.807) is 24.3 Å². The Hall–Kier alpha value is -2.45. The highest BCUT2D eigenvalue weighted by molar-refractivity contribution is 7.99. The molecule has 0 aliphatic heterocycles. The number of fused-ring (bicyclic) bond motifs is 1. The molecule has 0 spiro atoms. The molecule has 3 rings (SSSR count). The molecule has 2 aromatic heterocycles. The topological polar surface area (TPSA) is 98.0 Å². The van der Waals surface area contributed by atoms with Gasteiger partial charge in [-0.05, 0) is 42.6 Å². The fraction of sp³-hybridized carbons (Fsp3) is 0.125. The number of carbonyl (C=O) groups is 2. The first kappa shape index (κ1) is 16.4. The van der Waals surface area contributed by atoms with Crippen LogP contribution in [-0.4, -0.2) is 27.4 Å². The number of nitrogens with zero attached hydrogens (tertiary/aromatic N) is 2. The molecule has 0 unspecified atom stereocenters. The fourth-order valence-corrected chi connectivity index (χ4v) is 3.52. The van der Waals surface area contributed by atoms with Gasteiger partial charge in [0.2, 0.25) is 5.91 Å².